The molecule has 0 unspecified atom stereocenters. The Kier molecular flexibility index (Phi) is 3.41. The molecular formula is C4H6Br3. The van der Waals surface area contributed by atoms with Crippen LogP contribution >= 0.6 is 47.8 Å². The predicted octanol–water partition coefficient (Wildman–Crippen LogP) is 3.44. The Balaban J connectivity index is 3.54. The molecule has 0 fully saturated rings. The second-order valence-corrected chi connectivity index (χ2v) is 6.37. The van der Waals surface area contributed by atoms with Crippen molar-refractivity contribution in [3.63, 3.8) is 0 Å². The van der Waals surface area contributed by atoms with Crippen molar-refractivity contribution in [2.45, 2.75) is 18.2 Å². The molecule has 0 aliphatic heterocycles. The summed E-state index contributed by atoms with van der Waals surface area (Å²) < 4.78 is 1.10. The van der Waals surface area contributed by atoms with Crippen LogP contribution in [0.4, 0.5) is 0 Å². The Labute approximate surface area is 69.4 Å². The highest BCUT2D eigenvalue weighted by molar-refractivity contribution is 9.28. The molecule has 0 N–H and O–H groups in total. The van der Waals surface area contributed by atoms with Gasteiger partial charge in [-0.25, -0.2) is 0 Å². The Morgan fingerprint density at radius 1 is 1.29 bits per heavy atom. The molecule has 0 bridgehead atoms. The van der Waals surface area contributed by atoms with E-state index in [0.29, 0.717) is 0 Å². The molecule has 0 aromatic rings. The molecule has 7 heavy (non-hydrogen) atoms. The maximum Gasteiger partial charge on any atom is 0.121 e. The standard InChI is InChI=1S/C4H6Br3/c1-4(2,7)3(5)6/h1-2H3. The summed E-state index contributed by atoms with van der Waals surface area (Å²) in [6.07, 6.45) is 0. The zero-order valence-electron chi connectivity index (χ0n) is 4.13. The summed E-state index contributed by atoms with van der Waals surface area (Å²) in [5, 5.41) is 0. The molecule has 0 heterocycles. The van der Waals surface area contributed by atoms with Gasteiger partial charge in [-0.2, -0.15) is 0 Å². The smallest absolute Gasteiger partial charge is 0.0834 e. The van der Waals surface area contributed by atoms with Gasteiger partial charge in [0.05, 0.1) is 0 Å². The lowest BCUT2D eigenvalue weighted by Gasteiger charge is -2.15. The molecule has 0 saturated carbocycles. The molecule has 0 aromatic heterocycles. The van der Waals surface area contributed by atoms with Gasteiger partial charge in [0, 0.05) is 4.32 Å². The topological polar surface area (TPSA) is 0 Å². The van der Waals surface area contributed by atoms with Crippen LogP contribution in [0.15, 0.2) is 0 Å². The average Bonchev–Trinajstić information content (AvgIpc) is 1.31. The van der Waals surface area contributed by atoms with Crippen LogP contribution in [0.25, 0.3) is 0 Å². The zero-order valence-corrected chi connectivity index (χ0v) is 8.89. The van der Waals surface area contributed by atoms with E-state index in [1.54, 1.807) is 0 Å². The van der Waals surface area contributed by atoms with E-state index in [9.17, 15) is 0 Å². The van der Waals surface area contributed by atoms with Crippen molar-refractivity contribution in [2.24, 2.45) is 0 Å². The third kappa shape index (κ3) is 3.98. The highest BCUT2D eigenvalue weighted by atomic mass is 79.9. The largest absolute Gasteiger partial charge is 0.121 e. The molecule has 43 valence electrons. The van der Waals surface area contributed by atoms with E-state index in [0.717, 1.165) is 3.74 Å². The van der Waals surface area contributed by atoms with E-state index >= 15 is 0 Å². The van der Waals surface area contributed by atoms with Gasteiger partial charge >= 0.3 is 0 Å². The fourth-order valence-electron chi connectivity index (χ4n) is 0. The fraction of sp³-hybridized carbons (Fsp3) is 0.750. The Hall–Kier alpha value is 1.44. The van der Waals surface area contributed by atoms with Gasteiger partial charge in [0.1, 0.15) is 3.74 Å². The summed E-state index contributed by atoms with van der Waals surface area (Å²) in [6, 6.07) is 0. The van der Waals surface area contributed by atoms with E-state index in [1.165, 1.54) is 0 Å². The van der Waals surface area contributed by atoms with Gasteiger partial charge in [0.15, 0.2) is 0 Å². The van der Waals surface area contributed by atoms with Gasteiger partial charge in [0.2, 0.25) is 0 Å². The molecule has 0 spiro atoms. The molecule has 0 aliphatic rings. The summed E-state index contributed by atoms with van der Waals surface area (Å²) in [4.78, 5) is 0. The quantitative estimate of drug-likeness (QED) is 0.650. The molecular weight excluding hydrogens is 288 g/mol. The third-order valence-electron chi connectivity index (χ3n) is 0.449. The summed E-state index contributed by atoms with van der Waals surface area (Å²) in [7, 11) is 0. The maximum atomic E-state index is 3.41. The minimum Gasteiger partial charge on any atom is -0.0834 e. The summed E-state index contributed by atoms with van der Waals surface area (Å²) in [5.41, 5.74) is 0. The van der Waals surface area contributed by atoms with Gasteiger partial charge < -0.3 is 0 Å². The van der Waals surface area contributed by atoms with Crippen molar-refractivity contribution in [3.05, 3.63) is 3.74 Å². The monoisotopic (exact) mass is 291 g/mol. The normalized spacial score (nSPS) is 12.9. The summed E-state index contributed by atoms with van der Waals surface area (Å²) >= 11 is 9.97. The van der Waals surface area contributed by atoms with Gasteiger partial charge in [0.25, 0.3) is 0 Å². The van der Waals surface area contributed by atoms with Crippen LogP contribution in [0.3, 0.4) is 0 Å². The highest BCUT2D eigenvalue weighted by Crippen LogP contribution is 2.37. The van der Waals surface area contributed by atoms with Crippen LogP contribution in [0.5, 0.6) is 0 Å². The molecule has 0 rings (SSSR count). The number of hydrogen-bond acceptors (Lipinski definition) is 0. The van der Waals surface area contributed by atoms with E-state index in [4.69, 9.17) is 0 Å². The van der Waals surface area contributed by atoms with Crippen molar-refractivity contribution in [1.82, 2.24) is 0 Å². The van der Waals surface area contributed by atoms with Crippen molar-refractivity contribution >= 4 is 47.8 Å². The van der Waals surface area contributed by atoms with Crippen LogP contribution in [0, 0.1) is 3.74 Å². The Morgan fingerprint density at radius 3 is 1.43 bits per heavy atom. The van der Waals surface area contributed by atoms with Crippen molar-refractivity contribution in [2.75, 3.05) is 0 Å². The molecule has 3 heteroatoms. The molecule has 0 nitrogen and oxygen atoms in total. The lowest BCUT2D eigenvalue weighted by atomic mass is 10.3. The second-order valence-electron chi connectivity index (χ2n) is 1.73. The highest BCUT2D eigenvalue weighted by Gasteiger charge is 2.21. The van der Waals surface area contributed by atoms with Crippen LogP contribution in [-0.2, 0) is 0 Å². The van der Waals surface area contributed by atoms with Crippen LogP contribution in [-0.4, -0.2) is 4.32 Å². The third-order valence-corrected chi connectivity index (χ3v) is 3.89. The van der Waals surface area contributed by atoms with Crippen molar-refractivity contribution in [3.8, 4) is 0 Å². The first-order valence-corrected chi connectivity index (χ1v) is 4.20. The van der Waals surface area contributed by atoms with Crippen molar-refractivity contribution in [1.29, 1.82) is 0 Å². The van der Waals surface area contributed by atoms with Crippen LogP contribution in [0.1, 0.15) is 13.8 Å². The average molecular weight is 294 g/mol. The second kappa shape index (κ2) is 2.83. The summed E-state index contributed by atoms with van der Waals surface area (Å²) in [6.45, 7) is 4.09. The lowest BCUT2D eigenvalue weighted by Crippen LogP contribution is -2.10. The number of rotatable bonds is 1. The van der Waals surface area contributed by atoms with Crippen LogP contribution in [0.2, 0.25) is 0 Å². The number of halogens is 3. The van der Waals surface area contributed by atoms with Gasteiger partial charge in [-0.3, -0.25) is 0 Å². The molecule has 1 radical (unpaired) electrons. The summed E-state index contributed by atoms with van der Waals surface area (Å²) in [5.74, 6) is 0. The van der Waals surface area contributed by atoms with Crippen molar-refractivity contribution < 1.29 is 0 Å². The first kappa shape index (κ1) is 8.44. The Bertz CT molecular complexity index is 52.4. The van der Waals surface area contributed by atoms with E-state index in [-0.39, 0.29) is 4.32 Å². The SMILES string of the molecule is CC(C)(Br)[C](Br)Br. The molecule has 0 atom stereocenters. The number of alkyl halides is 1. The van der Waals surface area contributed by atoms with Gasteiger partial charge in [-0.05, 0) is 13.8 Å². The van der Waals surface area contributed by atoms with Gasteiger partial charge in [-0.15, -0.1) is 0 Å². The van der Waals surface area contributed by atoms with Crippen LogP contribution < -0.4 is 0 Å². The minimum absolute atomic E-state index is 0.0625. The Morgan fingerprint density at radius 2 is 1.43 bits per heavy atom. The van der Waals surface area contributed by atoms with E-state index in [2.05, 4.69) is 47.8 Å². The number of hydrogen-bond donors (Lipinski definition) is 0. The fourth-order valence-corrected chi connectivity index (χ4v) is 0. The first-order chi connectivity index (χ1) is 2.94. The zero-order chi connectivity index (χ0) is 6.08. The molecule has 0 amide bonds. The maximum absolute atomic E-state index is 3.41. The minimum atomic E-state index is 0.0625. The molecule has 0 aromatic carbocycles. The first-order valence-electron chi connectivity index (χ1n) is 1.82. The van der Waals surface area contributed by atoms with E-state index in [1.807, 2.05) is 13.8 Å². The molecule has 0 saturated heterocycles. The lowest BCUT2D eigenvalue weighted by molar-refractivity contribution is 0.892. The van der Waals surface area contributed by atoms with Gasteiger partial charge in [-0.1, -0.05) is 47.8 Å². The predicted molar refractivity (Wildman–Crippen MR) is 44.1 cm³/mol. The molecule has 0 aliphatic carbocycles. The van der Waals surface area contributed by atoms with E-state index < -0.39 is 0 Å².